The van der Waals surface area contributed by atoms with Gasteiger partial charge in [-0.15, -0.1) is 0 Å². The maximum atomic E-state index is 12.3. The molecule has 4 nitrogen and oxygen atoms in total. The van der Waals surface area contributed by atoms with Crippen molar-refractivity contribution in [3.05, 3.63) is 29.3 Å². The number of amides is 2. The molecule has 1 aromatic carbocycles. The first-order valence-electron chi connectivity index (χ1n) is 6.91. The first-order chi connectivity index (χ1) is 10.3. The van der Waals surface area contributed by atoms with Gasteiger partial charge in [-0.3, -0.25) is 4.90 Å². The summed E-state index contributed by atoms with van der Waals surface area (Å²) < 4.78 is 36.9. The molecule has 2 N–H and O–H groups in total. The van der Waals surface area contributed by atoms with E-state index < -0.39 is 12.7 Å². The van der Waals surface area contributed by atoms with Crippen LogP contribution >= 0.6 is 11.6 Å². The van der Waals surface area contributed by atoms with Crippen LogP contribution in [0.2, 0.25) is 5.02 Å². The SMILES string of the molecule is O=C(NCC1CCN(CC(F)(F)F)C1)Nc1ccc(Cl)cc1. The second-order valence-corrected chi connectivity index (χ2v) is 5.78. The van der Waals surface area contributed by atoms with Crippen LogP contribution in [0.4, 0.5) is 23.7 Å². The van der Waals surface area contributed by atoms with Crippen LogP contribution in [0.5, 0.6) is 0 Å². The zero-order valence-electron chi connectivity index (χ0n) is 11.8. The molecule has 122 valence electrons. The molecule has 1 fully saturated rings. The average Bonchev–Trinajstić information content (AvgIpc) is 2.84. The van der Waals surface area contributed by atoms with Crippen LogP contribution in [0.1, 0.15) is 6.42 Å². The third-order valence-corrected chi connectivity index (χ3v) is 3.68. The van der Waals surface area contributed by atoms with Crippen LogP contribution in [-0.4, -0.2) is 43.3 Å². The van der Waals surface area contributed by atoms with Crippen molar-refractivity contribution < 1.29 is 18.0 Å². The van der Waals surface area contributed by atoms with Crippen molar-refractivity contribution in [3.63, 3.8) is 0 Å². The van der Waals surface area contributed by atoms with Crippen molar-refractivity contribution in [3.8, 4) is 0 Å². The van der Waals surface area contributed by atoms with E-state index >= 15 is 0 Å². The van der Waals surface area contributed by atoms with Gasteiger partial charge in [0.15, 0.2) is 0 Å². The monoisotopic (exact) mass is 335 g/mol. The summed E-state index contributed by atoms with van der Waals surface area (Å²) in [6, 6.07) is 6.27. The molecule has 1 unspecified atom stereocenters. The lowest BCUT2D eigenvalue weighted by molar-refractivity contribution is -0.143. The van der Waals surface area contributed by atoms with Crippen LogP contribution in [0, 0.1) is 5.92 Å². The molecule has 2 rings (SSSR count). The molecule has 0 saturated carbocycles. The molecular weight excluding hydrogens is 319 g/mol. The van der Waals surface area contributed by atoms with Crippen LogP contribution in [0.25, 0.3) is 0 Å². The number of rotatable bonds is 4. The summed E-state index contributed by atoms with van der Waals surface area (Å²) in [4.78, 5) is 13.1. The summed E-state index contributed by atoms with van der Waals surface area (Å²) in [5.74, 6) is 0.0401. The fraction of sp³-hybridized carbons (Fsp3) is 0.500. The Bertz CT molecular complexity index is 507. The number of alkyl halides is 3. The van der Waals surface area contributed by atoms with E-state index in [1.807, 2.05) is 0 Å². The van der Waals surface area contributed by atoms with Crippen molar-refractivity contribution in [1.82, 2.24) is 10.2 Å². The Kier molecular flexibility index (Phi) is 5.52. The van der Waals surface area contributed by atoms with Gasteiger partial charge < -0.3 is 10.6 Å². The molecule has 1 aliphatic rings. The number of hydrogen-bond donors (Lipinski definition) is 2. The largest absolute Gasteiger partial charge is 0.401 e. The number of anilines is 1. The van der Waals surface area contributed by atoms with Gasteiger partial charge in [0.1, 0.15) is 0 Å². The summed E-state index contributed by atoms with van der Waals surface area (Å²) in [5.41, 5.74) is 0.604. The van der Waals surface area contributed by atoms with E-state index in [0.29, 0.717) is 36.8 Å². The van der Waals surface area contributed by atoms with Crippen molar-refractivity contribution >= 4 is 23.3 Å². The van der Waals surface area contributed by atoms with Crippen molar-refractivity contribution in [2.24, 2.45) is 5.92 Å². The minimum atomic E-state index is -4.17. The highest BCUT2D eigenvalue weighted by Crippen LogP contribution is 2.22. The van der Waals surface area contributed by atoms with Gasteiger partial charge in [0.05, 0.1) is 6.54 Å². The lowest BCUT2D eigenvalue weighted by Gasteiger charge is -2.18. The molecule has 0 spiro atoms. The number of likely N-dealkylation sites (tertiary alicyclic amines) is 1. The fourth-order valence-corrected chi connectivity index (χ4v) is 2.55. The summed E-state index contributed by atoms with van der Waals surface area (Å²) in [6.07, 6.45) is -3.52. The number of carbonyl (C=O) groups excluding carboxylic acids is 1. The van der Waals surface area contributed by atoms with Crippen molar-refractivity contribution in [2.75, 3.05) is 31.5 Å². The number of urea groups is 1. The molecule has 1 atom stereocenters. The maximum Gasteiger partial charge on any atom is 0.401 e. The van der Waals surface area contributed by atoms with Gasteiger partial charge in [-0.25, -0.2) is 4.79 Å². The number of halogens is 4. The normalized spacial score (nSPS) is 19.2. The van der Waals surface area contributed by atoms with Crippen molar-refractivity contribution in [2.45, 2.75) is 12.6 Å². The summed E-state index contributed by atoms with van der Waals surface area (Å²) >= 11 is 5.74. The lowest BCUT2D eigenvalue weighted by Crippen LogP contribution is -2.36. The predicted molar refractivity (Wildman–Crippen MR) is 79.1 cm³/mol. The Morgan fingerprint density at radius 1 is 1.32 bits per heavy atom. The van der Waals surface area contributed by atoms with Gasteiger partial charge in [-0.1, -0.05) is 11.6 Å². The van der Waals surface area contributed by atoms with Crippen LogP contribution in [0.15, 0.2) is 24.3 Å². The third-order valence-electron chi connectivity index (χ3n) is 3.43. The minimum Gasteiger partial charge on any atom is -0.338 e. The molecule has 1 aromatic rings. The molecule has 1 saturated heterocycles. The van der Waals surface area contributed by atoms with Crippen LogP contribution in [0.3, 0.4) is 0 Å². The third kappa shape index (κ3) is 5.73. The number of nitrogens with zero attached hydrogens (tertiary/aromatic N) is 1. The van der Waals surface area contributed by atoms with Gasteiger partial charge in [0.25, 0.3) is 0 Å². The molecule has 0 aliphatic carbocycles. The first kappa shape index (κ1) is 16.9. The molecule has 22 heavy (non-hydrogen) atoms. The molecule has 2 amide bonds. The highest BCUT2D eigenvalue weighted by molar-refractivity contribution is 6.30. The first-order valence-corrected chi connectivity index (χ1v) is 7.29. The number of carbonyl (C=O) groups is 1. The van der Waals surface area contributed by atoms with E-state index in [9.17, 15) is 18.0 Å². The molecule has 0 radical (unpaired) electrons. The quantitative estimate of drug-likeness (QED) is 0.886. The van der Waals surface area contributed by atoms with Crippen LogP contribution in [-0.2, 0) is 0 Å². The standard InChI is InChI=1S/C14H17ClF3N3O/c15-11-1-3-12(4-2-11)20-13(22)19-7-10-5-6-21(8-10)9-14(16,17)18/h1-4,10H,5-9H2,(H2,19,20,22). The Balaban J connectivity index is 1.70. The van der Waals surface area contributed by atoms with Gasteiger partial charge in [-0.05, 0) is 43.1 Å². The van der Waals surface area contributed by atoms with Gasteiger partial charge >= 0.3 is 12.2 Å². The van der Waals surface area contributed by atoms with E-state index in [4.69, 9.17) is 11.6 Å². The molecule has 1 heterocycles. The van der Waals surface area contributed by atoms with E-state index in [0.717, 1.165) is 0 Å². The maximum absolute atomic E-state index is 12.3. The number of nitrogens with one attached hydrogen (secondary N) is 2. The van der Waals surface area contributed by atoms with Gasteiger partial charge in [0.2, 0.25) is 0 Å². The predicted octanol–water partition coefficient (Wildman–Crippen LogP) is 3.35. The summed E-state index contributed by atoms with van der Waals surface area (Å²) in [5, 5.41) is 5.89. The Morgan fingerprint density at radius 2 is 2.00 bits per heavy atom. The lowest BCUT2D eigenvalue weighted by atomic mass is 10.1. The topological polar surface area (TPSA) is 44.4 Å². The summed E-state index contributed by atoms with van der Waals surface area (Å²) in [7, 11) is 0. The van der Waals surface area contributed by atoms with Crippen molar-refractivity contribution in [1.29, 1.82) is 0 Å². The van der Waals surface area contributed by atoms with E-state index in [1.165, 1.54) is 4.90 Å². The molecule has 1 aliphatic heterocycles. The van der Waals surface area contributed by atoms with Crippen LogP contribution < -0.4 is 10.6 Å². The van der Waals surface area contributed by atoms with E-state index in [-0.39, 0.29) is 11.9 Å². The zero-order valence-corrected chi connectivity index (χ0v) is 12.5. The van der Waals surface area contributed by atoms with E-state index in [1.54, 1.807) is 24.3 Å². The zero-order chi connectivity index (χ0) is 16.2. The van der Waals surface area contributed by atoms with Gasteiger partial charge in [-0.2, -0.15) is 13.2 Å². The highest BCUT2D eigenvalue weighted by atomic mass is 35.5. The minimum absolute atomic E-state index is 0.0401. The molecular formula is C14H17ClF3N3O. The number of hydrogen-bond acceptors (Lipinski definition) is 2. The summed E-state index contributed by atoms with van der Waals surface area (Å²) in [6.45, 7) is 0.222. The fourth-order valence-electron chi connectivity index (χ4n) is 2.42. The second kappa shape index (κ2) is 7.19. The van der Waals surface area contributed by atoms with E-state index in [2.05, 4.69) is 10.6 Å². The molecule has 0 bridgehead atoms. The Labute approximate surface area is 131 Å². The highest BCUT2D eigenvalue weighted by Gasteiger charge is 2.34. The Morgan fingerprint density at radius 3 is 2.64 bits per heavy atom. The second-order valence-electron chi connectivity index (χ2n) is 5.35. The number of benzene rings is 1. The smallest absolute Gasteiger partial charge is 0.338 e. The molecule has 8 heteroatoms. The van der Waals surface area contributed by atoms with Gasteiger partial charge in [0, 0.05) is 23.8 Å². The molecule has 0 aromatic heterocycles. The Hall–Kier alpha value is -1.47. The average molecular weight is 336 g/mol.